The Morgan fingerprint density at radius 2 is 1.73 bits per heavy atom. The first-order chi connectivity index (χ1) is 16.1. The van der Waals surface area contributed by atoms with Crippen molar-refractivity contribution in [3.05, 3.63) is 83.8 Å². The average Bonchev–Trinajstić information content (AvgIpc) is 3.23. The zero-order chi connectivity index (χ0) is 22.8. The number of aromatic nitrogens is 3. The lowest BCUT2D eigenvalue weighted by Crippen LogP contribution is -2.48. The second-order valence-corrected chi connectivity index (χ2v) is 8.34. The average molecular weight is 442 g/mol. The second-order valence-electron chi connectivity index (χ2n) is 8.34. The standard InChI is InChI=1S/C26H27N5O2/c1-19-9-11-20(12-10-19)25-22(31-13-4-3-7-23(31)28-25)18-29-14-16-30(17-15-29)26(32)21-6-5-8-24(27-21)33-2/h3-13H,14-18H2,1-2H3. The van der Waals surface area contributed by atoms with Crippen LogP contribution in [0, 0.1) is 6.92 Å². The molecule has 1 aliphatic rings. The van der Waals surface area contributed by atoms with E-state index in [0.717, 1.165) is 36.5 Å². The summed E-state index contributed by atoms with van der Waals surface area (Å²) in [5.74, 6) is 0.402. The highest BCUT2D eigenvalue weighted by molar-refractivity contribution is 5.92. The van der Waals surface area contributed by atoms with Gasteiger partial charge in [-0.1, -0.05) is 42.0 Å². The molecule has 0 N–H and O–H groups in total. The minimum Gasteiger partial charge on any atom is -0.481 e. The Hall–Kier alpha value is -3.71. The molecule has 4 aromatic rings. The van der Waals surface area contributed by atoms with Crippen molar-refractivity contribution in [1.29, 1.82) is 0 Å². The van der Waals surface area contributed by atoms with E-state index in [1.54, 1.807) is 25.3 Å². The van der Waals surface area contributed by atoms with Crippen molar-refractivity contribution in [2.75, 3.05) is 33.3 Å². The molecule has 33 heavy (non-hydrogen) atoms. The highest BCUT2D eigenvalue weighted by atomic mass is 16.5. The van der Waals surface area contributed by atoms with Gasteiger partial charge < -0.3 is 14.0 Å². The molecule has 0 atom stereocenters. The third-order valence-electron chi connectivity index (χ3n) is 6.14. The summed E-state index contributed by atoms with van der Waals surface area (Å²) < 4.78 is 7.33. The first-order valence-electron chi connectivity index (χ1n) is 11.2. The Labute approximate surface area is 193 Å². The molecular weight excluding hydrogens is 414 g/mol. The van der Waals surface area contributed by atoms with Crippen LogP contribution >= 0.6 is 0 Å². The van der Waals surface area contributed by atoms with Crippen LogP contribution in [0.5, 0.6) is 5.88 Å². The van der Waals surface area contributed by atoms with E-state index >= 15 is 0 Å². The minimum absolute atomic E-state index is 0.0521. The van der Waals surface area contributed by atoms with Gasteiger partial charge in [-0.05, 0) is 25.1 Å². The van der Waals surface area contributed by atoms with Crippen LogP contribution in [-0.2, 0) is 6.54 Å². The molecule has 1 aromatic carbocycles. The largest absolute Gasteiger partial charge is 0.481 e. The van der Waals surface area contributed by atoms with Crippen LogP contribution in [0.3, 0.4) is 0 Å². The topological polar surface area (TPSA) is 63.0 Å². The highest BCUT2D eigenvalue weighted by Gasteiger charge is 2.25. The number of carbonyl (C=O) groups is 1. The van der Waals surface area contributed by atoms with Gasteiger partial charge in [-0.3, -0.25) is 9.69 Å². The normalized spacial score (nSPS) is 14.5. The van der Waals surface area contributed by atoms with E-state index in [2.05, 4.69) is 51.7 Å². The predicted molar refractivity (Wildman–Crippen MR) is 127 cm³/mol. The van der Waals surface area contributed by atoms with E-state index < -0.39 is 0 Å². The summed E-state index contributed by atoms with van der Waals surface area (Å²) in [6, 6.07) is 19.9. The van der Waals surface area contributed by atoms with Crippen molar-refractivity contribution < 1.29 is 9.53 Å². The van der Waals surface area contributed by atoms with Gasteiger partial charge in [0.05, 0.1) is 18.5 Å². The number of imidazole rings is 1. The molecular formula is C26H27N5O2. The Kier molecular flexibility index (Phi) is 5.79. The fourth-order valence-corrected chi connectivity index (χ4v) is 4.27. The molecule has 1 aliphatic heterocycles. The summed E-state index contributed by atoms with van der Waals surface area (Å²) in [4.78, 5) is 26.4. The maximum atomic E-state index is 12.9. The van der Waals surface area contributed by atoms with Crippen LogP contribution < -0.4 is 4.74 Å². The number of methoxy groups -OCH3 is 1. The number of piperazine rings is 1. The van der Waals surface area contributed by atoms with Crippen LogP contribution in [-0.4, -0.2) is 63.4 Å². The van der Waals surface area contributed by atoms with Gasteiger partial charge in [-0.25, -0.2) is 9.97 Å². The fraction of sp³-hybridized carbons (Fsp3) is 0.269. The molecule has 5 rings (SSSR count). The Balaban J connectivity index is 1.33. The van der Waals surface area contributed by atoms with Crippen LogP contribution in [0.2, 0.25) is 0 Å². The molecule has 0 spiro atoms. The van der Waals surface area contributed by atoms with Crippen LogP contribution in [0.4, 0.5) is 0 Å². The van der Waals surface area contributed by atoms with Crippen molar-refractivity contribution in [3.63, 3.8) is 0 Å². The molecule has 1 fully saturated rings. The van der Waals surface area contributed by atoms with E-state index in [9.17, 15) is 4.79 Å². The summed E-state index contributed by atoms with van der Waals surface area (Å²) in [5, 5.41) is 0. The number of hydrogen-bond donors (Lipinski definition) is 0. The summed E-state index contributed by atoms with van der Waals surface area (Å²) in [5.41, 5.74) is 5.91. The van der Waals surface area contributed by atoms with E-state index in [1.165, 1.54) is 11.3 Å². The molecule has 0 saturated carbocycles. The van der Waals surface area contributed by atoms with Gasteiger partial charge in [-0.2, -0.15) is 0 Å². The van der Waals surface area contributed by atoms with E-state index in [0.29, 0.717) is 24.7 Å². The second kappa shape index (κ2) is 9.03. The van der Waals surface area contributed by atoms with Gasteiger partial charge in [-0.15, -0.1) is 0 Å². The van der Waals surface area contributed by atoms with Gasteiger partial charge in [0, 0.05) is 50.6 Å². The van der Waals surface area contributed by atoms with Crippen molar-refractivity contribution >= 4 is 11.6 Å². The number of rotatable bonds is 5. The number of aryl methyl sites for hydroxylation is 1. The quantitative estimate of drug-likeness (QED) is 0.473. The monoisotopic (exact) mass is 441 g/mol. The summed E-state index contributed by atoms with van der Waals surface area (Å²) >= 11 is 0. The maximum absolute atomic E-state index is 12.9. The third-order valence-corrected chi connectivity index (χ3v) is 6.14. The van der Waals surface area contributed by atoms with Gasteiger partial charge in [0.25, 0.3) is 5.91 Å². The van der Waals surface area contributed by atoms with Crippen LogP contribution in [0.1, 0.15) is 21.7 Å². The number of nitrogens with zero attached hydrogens (tertiary/aromatic N) is 5. The lowest BCUT2D eigenvalue weighted by Gasteiger charge is -2.34. The molecule has 1 amide bonds. The van der Waals surface area contributed by atoms with Crippen molar-refractivity contribution in [2.24, 2.45) is 0 Å². The van der Waals surface area contributed by atoms with Crippen LogP contribution in [0.25, 0.3) is 16.9 Å². The van der Waals surface area contributed by atoms with Gasteiger partial charge in [0.15, 0.2) is 0 Å². The molecule has 0 aliphatic carbocycles. The highest BCUT2D eigenvalue weighted by Crippen LogP contribution is 2.26. The molecule has 7 nitrogen and oxygen atoms in total. The first-order valence-corrected chi connectivity index (χ1v) is 11.2. The summed E-state index contributed by atoms with van der Waals surface area (Å²) in [6.45, 7) is 5.78. The Morgan fingerprint density at radius 1 is 0.939 bits per heavy atom. The number of pyridine rings is 2. The lowest BCUT2D eigenvalue weighted by molar-refractivity contribution is 0.0620. The SMILES string of the molecule is COc1cccc(C(=O)N2CCN(Cc3c(-c4ccc(C)cc4)nc4ccccn34)CC2)n1. The summed E-state index contributed by atoms with van der Waals surface area (Å²) in [6.07, 6.45) is 2.07. The van der Waals surface area contributed by atoms with Crippen molar-refractivity contribution in [1.82, 2.24) is 24.2 Å². The van der Waals surface area contributed by atoms with E-state index in [-0.39, 0.29) is 5.91 Å². The molecule has 1 saturated heterocycles. The molecule has 0 radical (unpaired) electrons. The smallest absolute Gasteiger partial charge is 0.272 e. The van der Waals surface area contributed by atoms with E-state index in [1.807, 2.05) is 23.1 Å². The van der Waals surface area contributed by atoms with Crippen LogP contribution in [0.15, 0.2) is 66.9 Å². The fourth-order valence-electron chi connectivity index (χ4n) is 4.27. The molecule has 0 unspecified atom stereocenters. The van der Waals surface area contributed by atoms with Crippen molar-refractivity contribution in [2.45, 2.75) is 13.5 Å². The zero-order valence-corrected chi connectivity index (χ0v) is 18.9. The molecule has 4 heterocycles. The molecule has 0 bridgehead atoms. The lowest BCUT2D eigenvalue weighted by atomic mass is 10.1. The first kappa shape index (κ1) is 21.2. The Morgan fingerprint density at radius 3 is 2.48 bits per heavy atom. The number of ether oxygens (including phenoxy) is 1. The van der Waals surface area contributed by atoms with Gasteiger partial charge in [0.2, 0.25) is 5.88 Å². The van der Waals surface area contributed by atoms with Gasteiger partial charge >= 0.3 is 0 Å². The molecule has 7 heteroatoms. The summed E-state index contributed by atoms with van der Waals surface area (Å²) in [7, 11) is 1.56. The third kappa shape index (κ3) is 4.32. The molecule has 3 aromatic heterocycles. The predicted octanol–water partition coefficient (Wildman–Crippen LogP) is 3.67. The number of amides is 1. The minimum atomic E-state index is -0.0521. The number of benzene rings is 1. The van der Waals surface area contributed by atoms with Gasteiger partial charge in [0.1, 0.15) is 11.3 Å². The molecule has 168 valence electrons. The zero-order valence-electron chi connectivity index (χ0n) is 18.9. The maximum Gasteiger partial charge on any atom is 0.272 e. The van der Waals surface area contributed by atoms with E-state index in [4.69, 9.17) is 9.72 Å². The van der Waals surface area contributed by atoms with Crippen molar-refractivity contribution in [3.8, 4) is 17.1 Å². The number of fused-ring (bicyclic) bond motifs is 1. The Bertz CT molecular complexity index is 1270. The number of hydrogen-bond acceptors (Lipinski definition) is 5. The number of carbonyl (C=O) groups excluding carboxylic acids is 1.